The zero-order valence-electron chi connectivity index (χ0n) is 14.7. The lowest BCUT2D eigenvalue weighted by Gasteiger charge is -2.35. The molecular weight excluding hydrogens is 374 g/mol. The average Bonchev–Trinajstić information content (AvgIpc) is 3.34. The Bertz CT molecular complexity index is 800. The molecule has 2 aliphatic heterocycles. The number of rotatable bonds is 3. The van der Waals surface area contributed by atoms with Crippen molar-refractivity contribution in [2.24, 2.45) is 11.3 Å². The fraction of sp³-hybridized carbons (Fsp3) is 0.611. The van der Waals surface area contributed by atoms with Crippen LogP contribution in [0.4, 0.5) is 0 Å². The van der Waals surface area contributed by atoms with Crippen molar-refractivity contribution in [2.75, 3.05) is 39.3 Å². The first-order chi connectivity index (χ1) is 12.4. The summed E-state index contributed by atoms with van der Waals surface area (Å²) in [7, 11) is -3.56. The minimum absolute atomic E-state index is 0.140. The van der Waals surface area contributed by atoms with Crippen molar-refractivity contribution in [3.05, 3.63) is 29.3 Å². The van der Waals surface area contributed by atoms with E-state index in [1.165, 1.54) is 10.4 Å². The van der Waals surface area contributed by atoms with Crippen LogP contribution in [0.1, 0.15) is 19.3 Å². The van der Waals surface area contributed by atoms with E-state index in [1.807, 2.05) is 4.90 Å². The van der Waals surface area contributed by atoms with E-state index in [2.05, 4.69) is 5.32 Å². The van der Waals surface area contributed by atoms with Crippen LogP contribution in [-0.2, 0) is 14.8 Å². The molecule has 6 nitrogen and oxygen atoms in total. The summed E-state index contributed by atoms with van der Waals surface area (Å²) in [6, 6.07) is 6.33. The summed E-state index contributed by atoms with van der Waals surface area (Å²) in [6.45, 7) is 3.58. The minimum atomic E-state index is -3.56. The summed E-state index contributed by atoms with van der Waals surface area (Å²) in [5.41, 5.74) is 0.215. The van der Waals surface area contributed by atoms with Gasteiger partial charge in [-0.1, -0.05) is 17.7 Å². The van der Waals surface area contributed by atoms with Gasteiger partial charge in [-0.25, -0.2) is 8.42 Å². The molecule has 2 saturated heterocycles. The molecule has 3 fully saturated rings. The van der Waals surface area contributed by atoms with E-state index >= 15 is 0 Å². The van der Waals surface area contributed by atoms with E-state index in [-0.39, 0.29) is 22.1 Å². The van der Waals surface area contributed by atoms with Crippen molar-refractivity contribution < 1.29 is 13.2 Å². The molecule has 3 aliphatic rings. The van der Waals surface area contributed by atoms with Gasteiger partial charge in [0.2, 0.25) is 15.9 Å². The number of sulfonamides is 1. The Morgan fingerprint density at radius 2 is 1.85 bits per heavy atom. The van der Waals surface area contributed by atoms with Gasteiger partial charge in [0.1, 0.15) is 0 Å². The van der Waals surface area contributed by atoms with Gasteiger partial charge >= 0.3 is 0 Å². The van der Waals surface area contributed by atoms with Crippen LogP contribution in [0.25, 0.3) is 0 Å². The SMILES string of the molecule is O=C(C1CC12CCNCC2)N1CCN(S(=O)(=O)c2cccc(Cl)c2)CC1. The van der Waals surface area contributed by atoms with E-state index in [1.54, 1.807) is 18.2 Å². The minimum Gasteiger partial charge on any atom is -0.340 e. The highest BCUT2D eigenvalue weighted by Crippen LogP contribution is 2.59. The summed E-state index contributed by atoms with van der Waals surface area (Å²) in [5.74, 6) is 0.354. The van der Waals surface area contributed by atoms with Crippen molar-refractivity contribution in [2.45, 2.75) is 24.2 Å². The first-order valence-electron chi connectivity index (χ1n) is 9.18. The third kappa shape index (κ3) is 3.26. The molecule has 0 radical (unpaired) electrons. The van der Waals surface area contributed by atoms with Gasteiger partial charge < -0.3 is 10.2 Å². The quantitative estimate of drug-likeness (QED) is 0.840. The second-order valence-corrected chi connectivity index (χ2v) is 9.93. The Kier molecular flexibility index (Phi) is 4.75. The third-order valence-electron chi connectivity index (χ3n) is 6.07. The molecule has 1 aliphatic carbocycles. The number of hydrogen-bond acceptors (Lipinski definition) is 4. The van der Waals surface area contributed by atoms with Crippen LogP contribution in [0, 0.1) is 11.3 Å². The number of nitrogens with zero attached hydrogens (tertiary/aromatic N) is 2. The maximum absolute atomic E-state index is 12.8. The lowest BCUT2D eigenvalue weighted by Crippen LogP contribution is -2.51. The van der Waals surface area contributed by atoms with Gasteiger partial charge in [-0.2, -0.15) is 4.31 Å². The smallest absolute Gasteiger partial charge is 0.243 e. The maximum atomic E-state index is 12.8. The molecule has 1 aromatic rings. The highest BCUT2D eigenvalue weighted by molar-refractivity contribution is 7.89. The lowest BCUT2D eigenvalue weighted by molar-refractivity contribution is -0.134. The molecule has 1 spiro atoms. The number of carbonyl (C=O) groups excluding carboxylic acids is 1. The first kappa shape index (κ1) is 18.2. The van der Waals surface area contributed by atoms with Crippen molar-refractivity contribution in [3.63, 3.8) is 0 Å². The average molecular weight is 398 g/mol. The predicted molar refractivity (Wildman–Crippen MR) is 99.4 cm³/mol. The zero-order valence-corrected chi connectivity index (χ0v) is 16.2. The Balaban J connectivity index is 1.38. The van der Waals surface area contributed by atoms with Gasteiger partial charge in [0.15, 0.2) is 0 Å². The Labute approximate surface area is 159 Å². The van der Waals surface area contributed by atoms with Crippen molar-refractivity contribution in [1.29, 1.82) is 0 Å². The van der Waals surface area contributed by atoms with E-state index in [9.17, 15) is 13.2 Å². The fourth-order valence-corrected chi connectivity index (χ4v) is 6.04. The normalized spacial score (nSPS) is 26.0. The molecule has 1 unspecified atom stereocenters. The molecule has 4 rings (SSSR count). The Hall–Kier alpha value is -1.15. The highest BCUT2D eigenvalue weighted by atomic mass is 35.5. The number of hydrogen-bond donors (Lipinski definition) is 1. The number of halogens is 1. The molecule has 1 saturated carbocycles. The predicted octanol–water partition coefficient (Wildman–Crippen LogP) is 1.56. The Morgan fingerprint density at radius 1 is 1.15 bits per heavy atom. The molecular formula is C18H24ClN3O3S. The zero-order chi connectivity index (χ0) is 18.4. The summed E-state index contributed by atoms with van der Waals surface area (Å²) in [6.07, 6.45) is 3.15. The van der Waals surface area contributed by atoms with Gasteiger partial charge in [0.05, 0.1) is 4.90 Å². The molecule has 2 heterocycles. The molecule has 26 heavy (non-hydrogen) atoms. The van der Waals surface area contributed by atoms with Crippen LogP contribution in [0.5, 0.6) is 0 Å². The van der Waals surface area contributed by atoms with Gasteiger partial charge in [-0.15, -0.1) is 0 Å². The van der Waals surface area contributed by atoms with E-state index in [4.69, 9.17) is 11.6 Å². The van der Waals surface area contributed by atoms with Gasteiger partial charge in [-0.3, -0.25) is 4.79 Å². The number of carbonyl (C=O) groups is 1. The number of nitrogens with one attached hydrogen (secondary N) is 1. The summed E-state index contributed by atoms with van der Waals surface area (Å²) in [4.78, 5) is 14.9. The van der Waals surface area contributed by atoms with E-state index < -0.39 is 10.0 Å². The number of amides is 1. The molecule has 1 amide bonds. The largest absolute Gasteiger partial charge is 0.340 e. The van der Waals surface area contributed by atoms with Crippen LogP contribution in [-0.4, -0.2) is 62.8 Å². The molecule has 1 atom stereocenters. The first-order valence-corrected chi connectivity index (χ1v) is 11.0. The third-order valence-corrected chi connectivity index (χ3v) is 8.20. The maximum Gasteiger partial charge on any atom is 0.243 e. The van der Waals surface area contributed by atoms with Gasteiger partial charge in [-0.05, 0) is 56.0 Å². The number of piperidine rings is 1. The number of piperazine rings is 1. The molecule has 0 bridgehead atoms. The van der Waals surface area contributed by atoms with Gasteiger partial charge in [0.25, 0.3) is 0 Å². The second kappa shape index (κ2) is 6.78. The topological polar surface area (TPSA) is 69.7 Å². The van der Waals surface area contributed by atoms with Crippen molar-refractivity contribution in [1.82, 2.24) is 14.5 Å². The van der Waals surface area contributed by atoms with Crippen LogP contribution in [0.2, 0.25) is 5.02 Å². The molecule has 8 heteroatoms. The Morgan fingerprint density at radius 3 is 2.50 bits per heavy atom. The highest BCUT2D eigenvalue weighted by Gasteiger charge is 2.58. The lowest BCUT2D eigenvalue weighted by atomic mass is 9.91. The summed E-state index contributed by atoms with van der Waals surface area (Å²) < 4.78 is 27.0. The molecule has 142 valence electrons. The number of benzene rings is 1. The van der Waals surface area contributed by atoms with E-state index in [0.29, 0.717) is 31.2 Å². The standard InChI is InChI=1S/C18H24ClN3O3S/c19-14-2-1-3-15(12-14)26(24,25)22-10-8-21(9-11-22)17(23)16-13-18(16)4-6-20-7-5-18/h1-3,12,16,20H,4-11,13H2. The van der Waals surface area contributed by atoms with Crippen LogP contribution >= 0.6 is 11.6 Å². The fourth-order valence-electron chi connectivity index (χ4n) is 4.32. The molecule has 1 aromatic carbocycles. The summed E-state index contributed by atoms with van der Waals surface area (Å²) in [5, 5.41) is 3.76. The van der Waals surface area contributed by atoms with E-state index in [0.717, 1.165) is 32.4 Å². The van der Waals surface area contributed by atoms with Crippen LogP contribution in [0.15, 0.2) is 29.2 Å². The van der Waals surface area contributed by atoms with Crippen LogP contribution < -0.4 is 5.32 Å². The second-order valence-electron chi connectivity index (χ2n) is 7.56. The molecule has 0 aromatic heterocycles. The monoisotopic (exact) mass is 397 g/mol. The van der Waals surface area contributed by atoms with Gasteiger partial charge in [0, 0.05) is 37.1 Å². The van der Waals surface area contributed by atoms with Crippen molar-refractivity contribution >= 4 is 27.5 Å². The summed E-state index contributed by atoms with van der Waals surface area (Å²) >= 11 is 5.93. The molecule has 1 N–H and O–H groups in total. The van der Waals surface area contributed by atoms with Crippen molar-refractivity contribution in [3.8, 4) is 0 Å². The van der Waals surface area contributed by atoms with Crippen LogP contribution in [0.3, 0.4) is 0 Å².